The minimum atomic E-state index is -4.61. The molecule has 0 aliphatic carbocycles. The maximum Gasteiger partial charge on any atom is 0.417 e. The normalized spacial score (nSPS) is 11.1. The molecule has 7 heteroatoms. The lowest BCUT2D eigenvalue weighted by Gasteiger charge is -2.11. The van der Waals surface area contributed by atoms with Crippen molar-refractivity contribution in [1.29, 1.82) is 0 Å². The van der Waals surface area contributed by atoms with Crippen LogP contribution in [0.25, 0.3) is 0 Å². The minimum Gasteiger partial charge on any atom is -0.322 e. The van der Waals surface area contributed by atoms with E-state index in [0.29, 0.717) is 11.8 Å². The van der Waals surface area contributed by atoms with Crippen LogP contribution in [-0.4, -0.2) is 12.2 Å². The van der Waals surface area contributed by atoms with Crippen LogP contribution < -0.4 is 5.32 Å². The van der Waals surface area contributed by atoms with Gasteiger partial charge in [-0.15, -0.1) is 0 Å². The SMILES string of the molecule is O=Cc1ccc(C(=O)Nc2ccc(Cl)c(C(F)(F)F)c2)cc1. The Balaban J connectivity index is 2.22. The summed E-state index contributed by atoms with van der Waals surface area (Å²) in [5.41, 5.74) is -0.444. The quantitative estimate of drug-likeness (QED) is 0.848. The molecule has 0 unspecified atom stereocenters. The molecule has 1 N–H and O–H groups in total. The number of aldehydes is 1. The summed E-state index contributed by atoms with van der Waals surface area (Å²) in [5.74, 6) is -0.590. The zero-order chi connectivity index (χ0) is 16.3. The number of nitrogens with one attached hydrogen (secondary N) is 1. The minimum absolute atomic E-state index is 0.0267. The summed E-state index contributed by atoms with van der Waals surface area (Å²) < 4.78 is 38.2. The Labute approximate surface area is 128 Å². The van der Waals surface area contributed by atoms with E-state index in [1.54, 1.807) is 0 Å². The van der Waals surface area contributed by atoms with Gasteiger partial charge in [-0.3, -0.25) is 9.59 Å². The third-order valence-corrected chi connectivity index (χ3v) is 3.17. The Bertz CT molecular complexity index is 712. The average molecular weight is 328 g/mol. The number of amides is 1. The zero-order valence-corrected chi connectivity index (χ0v) is 11.7. The van der Waals surface area contributed by atoms with Gasteiger partial charge in [0, 0.05) is 16.8 Å². The van der Waals surface area contributed by atoms with Gasteiger partial charge in [-0.25, -0.2) is 0 Å². The molecule has 1 amide bonds. The number of anilines is 1. The van der Waals surface area contributed by atoms with E-state index < -0.39 is 22.7 Å². The van der Waals surface area contributed by atoms with Crippen molar-refractivity contribution >= 4 is 29.5 Å². The van der Waals surface area contributed by atoms with Crippen molar-refractivity contribution in [3.8, 4) is 0 Å². The molecule has 2 aromatic carbocycles. The highest BCUT2D eigenvalue weighted by Crippen LogP contribution is 2.36. The van der Waals surface area contributed by atoms with Crippen LogP contribution in [0.5, 0.6) is 0 Å². The summed E-state index contributed by atoms with van der Waals surface area (Å²) in [5, 5.41) is 1.91. The van der Waals surface area contributed by atoms with Crippen molar-refractivity contribution in [2.45, 2.75) is 6.18 Å². The van der Waals surface area contributed by atoms with Crippen molar-refractivity contribution in [3.63, 3.8) is 0 Å². The van der Waals surface area contributed by atoms with Gasteiger partial charge in [0.1, 0.15) is 6.29 Å². The smallest absolute Gasteiger partial charge is 0.322 e. The van der Waals surface area contributed by atoms with Gasteiger partial charge in [-0.2, -0.15) is 13.2 Å². The fraction of sp³-hybridized carbons (Fsp3) is 0.0667. The molecule has 3 nitrogen and oxygen atoms in total. The van der Waals surface area contributed by atoms with Gasteiger partial charge in [-0.05, 0) is 30.3 Å². The highest BCUT2D eigenvalue weighted by molar-refractivity contribution is 6.31. The molecule has 0 aliphatic rings. The van der Waals surface area contributed by atoms with E-state index in [1.165, 1.54) is 30.3 Å². The first-order chi connectivity index (χ1) is 10.3. The zero-order valence-electron chi connectivity index (χ0n) is 10.9. The molecular weight excluding hydrogens is 319 g/mol. The number of carbonyl (C=O) groups excluding carboxylic acids is 2. The first kappa shape index (κ1) is 16.0. The Morgan fingerprint density at radius 3 is 2.27 bits per heavy atom. The Kier molecular flexibility index (Phi) is 4.51. The third-order valence-electron chi connectivity index (χ3n) is 2.84. The average Bonchev–Trinajstić information content (AvgIpc) is 2.48. The molecule has 22 heavy (non-hydrogen) atoms. The largest absolute Gasteiger partial charge is 0.417 e. The molecule has 0 saturated carbocycles. The molecule has 0 heterocycles. The maximum absolute atomic E-state index is 12.7. The maximum atomic E-state index is 12.7. The molecule has 0 bridgehead atoms. The Morgan fingerprint density at radius 1 is 1.09 bits per heavy atom. The van der Waals surface area contributed by atoms with Gasteiger partial charge in [0.15, 0.2) is 0 Å². The van der Waals surface area contributed by atoms with E-state index in [2.05, 4.69) is 5.32 Å². The van der Waals surface area contributed by atoms with Gasteiger partial charge < -0.3 is 5.32 Å². The highest BCUT2D eigenvalue weighted by Gasteiger charge is 2.33. The van der Waals surface area contributed by atoms with Crippen LogP contribution in [0, 0.1) is 0 Å². The number of halogens is 4. The molecule has 2 rings (SSSR count). The van der Waals surface area contributed by atoms with Crippen molar-refractivity contribution in [2.24, 2.45) is 0 Å². The summed E-state index contributed by atoms with van der Waals surface area (Å²) in [4.78, 5) is 22.5. The summed E-state index contributed by atoms with van der Waals surface area (Å²) in [6, 6.07) is 8.78. The van der Waals surface area contributed by atoms with E-state index in [1.807, 2.05) is 0 Å². The van der Waals surface area contributed by atoms with Crippen LogP contribution in [0.2, 0.25) is 5.02 Å². The monoisotopic (exact) mass is 327 g/mol. The van der Waals surface area contributed by atoms with Crippen LogP contribution in [0.1, 0.15) is 26.3 Å². The lowest BCUT2D eigenvalue weighted by Crippen LogP contribution is -2.13. The van der Waals surface area contributed by atoms with E-state index >= 15 is 0 Å². The van der Waals surface area contributed by atoms with E-state index in [0.717, 1.165) is 12.1 Å². The Hall–Kier alpha value is -2.34. The van der Waals surface area contributed by atoms with Gasteiger partial charge in [0.05, 0.1) is 10.6 Å². The fourth-order valence-corrected chi connectivity index (χ4v) is 1.96. The first-order valence-electron chi connectivity index (χ1n) is 6.04. The van der Waals surface area contributed by atoms with Crippen LogP contribution in [0.15, 0.2) is 42.5 Å². The van der Waals surface area contributed by atoms with Crippen LogP contribution in [0.3, 0.4) is 0 Å². The molecule has 0 saturated heterocycles. The molecule has 0 fully saturated rings. The fourth-order valence-electron chi connectivity index (χ4n) is 1.74. The molecule has 0 aliphatic heterocycles. The van der Waals surface area contributed by atoms with Crippen molar-refractivity contribution in [2.75, 3.05) is 5.32 Å². The third kappa shape index (κ3) is 3.65. The molecular formula is C15H9ClF3NO2. The number of alkyl halides is 3. The van der Waals surface area contributed by atoms with Crippen LogP contribution >= 0.6 is 11.6 Å². The summed E-state index contributed by atoms with van der Waals surface area (Å²) >= 11 is 5.50. The number of benzene rings is 2. The van der Waals surface area contributed by atoms with Gasteiger partial charge >= 0.3 is 6.18 Å². The molecule has 0 atom stereocenters. The van der Waals surface area contributed by atoms with Crippen molar-refractivity contribution in [3.05, 3.63) is 64.2 Å². The van der Waals surface area contributed by atoms with E-state index in [4.69, 9.17) is 11.6 Å². The summed E-state index contributed by atoms with van der Waals surface area (Å²) in [7, 11) is 0. The van der Waals surface area contributed by atoms with Crippen molar-refractivity contribution < 1.29 is 22.8 Å². The van der Waals surface area contributed by atoms with Crippen molar-refractivity contribution in [1.82, 2.24) is 0 Å². The lowest BCUT2D eigenvalue weighted by atomic mass is 10.1. The number of hydrogen-bond acceptors (Lipinski definition) is 2. The molecule has 114 valence electrons. The van der Waals surface area contributed by atoms with Crippen LogP contribution in [-0.2, 0) is 6.18 Å². The number of carbonyl (C=O) groups is 2. The topological polar surface area (TPSA) is 46.2 Å². The predicted octanol–water partition coefficient (Wildman–Crippen LogP) is 4.42. The molecule has 0 aromatic heterocycles. The van der Waals surface area contributed by atoms with E-state index in [9.17, 15) is 22.8 Å². The Morgan fingerprint density at radius 2 is 1.73 bits per heavy atom. The van der Waals surface area contributed by atoms with Crippen LogP contribution in [0.4, 0.5) is 18.9 Å². The second kappa shape index (κ2) is 6.19. The summed E-state index contributed by atoms with van der Waals surface area (Å²) in [6.45, 7) is 0. The van der Waals surface area contributed by atoms with Gasteiger partial charge in [0.25, 0.3) is 5.91 Å². The van der Waals surface area contributed by atoms with Gasteiger partial charge in [0.2, 0.25) is 0 Å². The molecule has 0 radical (unpaired) electrons. The molecule has 2 aromatic rings. The number of hydrogen-bond donors (Lipinski definition) is 1. The van der Waals surface area contributed by atoms with E-state index in [-0.39, 0.29) is 11.3 Å². The lowest BCUT2D eigenvalue weighted by molar-refractivity contribution is -0.137. The standard InChI is InChI=1S/C15H9ClF3NO2/c16-13-6-5-11(7-12(13)15(17,18)19)20-14(22)10-3-1-9(8-21)2-4-10/h1-8H,(H,20,22). The van der Waals surface area contributed by atoms with Gasteiger partial charge in [-0.1, -0.05) is 23.7 Å². The highest BCUT2D eigenvalue weighted by atomic mass is 35.5. The first-order valence-corrected chi connectivity index (χ1v) is 6.42. The predicted molar refractivity (Wildman–Crippen MR) is 76.2 cm³/mol. The molecule has 0 spiro atoms. The summed E-state index contributed by atoms with van der Waals surface area (Å²) in [6.07, 6.45) is -3.99. The second-order valence-corrected chi connectivity index (χ2v) is 4.79. The number of rotatable bonds is 3. The second-order valence-electron chi connectivity index (χ2n) is 4.39.